The van der Waals surface area contributed by atoms with Crippen LogP contribution in [0.15, 0.2) is 91.0 Å². The summed E-state index contributed by atoms with van der Waals surface area (Å²) in [4.78, 5) is 42.3. The van der Waals surface area contributed by atoms with Gasteiger partial charge in [-0.1, -0.05) is 60.7 Å². The van der Waals surface area contributed by atoms with Gasteiger partial charge in [0.05, 0.1) is 33.9 Å². The molecule has 6 heteroatoms. The standard InChI is InChI=1S/C38H26N4O2/c43-22-27-28-13-15-30(39-28)36(23-7-3-1-4-8-23)32-17-19-34(41-32)38(25-11-12-26(44)21-25)35-20-18-33(42-35)37(24-9-5-2-6-10-24)31-16-14-29(27)40-31/h1-10,13-22,39,42H,11-12H2. The van der Waals surface area contributed by atoms with Gasteiger partial charge >= 0.3 is 0 Å². The lowest BCUT2D eigenvalue weighted by Crippen LogP contribution is -1.91. The number of hydrogen-bond acceptors (Lipinski definition) is 4. The molecule has 2 aromatic carbocycles. The van der Waals surface area contributed by atoms with Crippen LogP contribution in [0.4, 0.5) is 0 Å². The molecule has 0 saturated carbocycles. The Balaban J connectivity index is 1.56. The van der Waals surface area contributed by atoms with Gasteiger partial charge in [0.2, 0.25) is 0 Å². The van der Waals surface area contributed by atoms with Gasteiger partial charge in [-0.2, -0.15) is 0 Å². The second-order valence-electron chi connectivity index (χ2n) is 11.0. The van der Waals surface area contributed by atoms with E-state index in [0.717, 1.165) is 73.3 Å². The van der Waals surface area contributed by atoms with Crippen molar-refractivity contribution in [3.63, 3.8) is 0 Å². The van der Waals surface area contributed by atoms with Crippen molar-refractivity contribution in [3.8, 4) is 22.3 Å². The second-order valence-corrected chi connectivity index (χ2v) is 11.0. The van der Waals surface area contributed by atoms with Crippen LogP contribution in [0.25, 0.3) is 74.2 Å². The van der Waals surface area contributed by atoms with Gasteiger partial charge in [-0.3, -0.25) is 9.59 Å². The third kappa shape index (κ3) is 4.36. The molecule has 0 atom stereocenters. The summed E-state index contributed by atoms with van der Waals surface area (Å²) in [5, 5.41) is 0. The van der Waals surface area contributed by atoms with Gasteiger partial charge in [0.15, 0.2) is 12.1 Å². The number of benzene rings is 2. The van der Waals surface area contributed by atoms with Crippen molar-refractivity contribution >= 4 is 64.0 Å². The molecule has 2 aliphatic heterocycles. The van der Waals surface area contributed by atoms with Crippen LogP contribution in [0.5, 0.6) is 0 Å². The van der Waals surface area contributed by atoms with Crippen LogP contribution in [0.2, 0.25) is 0 Å². The van der Waals surface area contributed by atoms with Gasteiger partial charge in [0, 0.05) is 39.7 Å². The van der Waals surface area contributed by atoms with E-state index in [0.29, 0.717) is 29.6 Å². The van der Waals surface area contributed by atoms with Gasteiger partial charge in [0.1, 0.15) is 0 Å². The average molecular weight is 571 g/mol. The highest BCUT2D eigenvalue weighted by Crippen LogP contribution is 2.37. The van der Waals surface area contributed by atoms with Gasteiger partial charge in [-0.25, -0.2) is 9.97 Å². The lowest BCUT2D eigenvalue weighted by molar-refractivity contribution is -0.114. The topological polar surface area (TPSA) is 91.5 Å². The van der Waals surface area contributed by atoms with Crippen LogP contribution in [0, 0.1) is 0 Å². The lowest BCUT2D eigenvalue weighted by atomic mass is 10.0. The molecule has 0 fully saturated rings. The van der Waals surface area contributed by atoms with Crippen LogP contribution in [0.1, 0.15) is 51.5 Å². The fourth-order valence-electron chi connectivity index (χ4n) is 6.30. The molecule has 8 rings (SSSR count). The number of hydrogen-bond donors (Lipinski definition) is 2. The Bertz CT molecular complexity index is 2210. The number of fused-ring (bicyclic) bond motifs is 8. The number of aromatic nitrogens is 4. The van der Waals surface area contributed by atoms with E-state index in [2.05, 4.69) is 40.3 Å². The molecule has 6 nitrogen and oxygen atoms in total. The summed E-state index contributed by atoms with van der Waals surface area (Å²) in [7, 11) is 0. The van der Waals surface area contributed by atoms with Crippen LogP contribution >= 0.6 is 0 Å². The Kier molecular flexibility index (Phi) is 6.12. The van der Waals surface area contributed by atoms with Gasteiger partial charge in [-0.15, -0.1) is 0 Å². The quantitative estimate of drug-likeness (QED) is 0.207. The fourth-order valence-corrected chi connectivity index (χ4v) is 6.30. The van der Waals surface area contributed by atoms with Crippen molar-refractivity contribution in [2.45, 2.75) is 12.8 Å². The number of nitrogens with zero attached hydrogens (tertiary/aromatic N) is 2. The highest BCUT2D eigenvalue weighted by molar-refractivity contribution is 6.05. The first kappa shape index (κ1) is 25.8. The number of ketones is 1. The minimum Gasteiger partial charge on any atom is -0.354 e. The van der Waals surface area contributed by atoms with Crippen molar-refractivity contribution in [2.24, 2.45) is 0 Å². The maximum Gasteiger partial charge on any atom is 0.156 e. The van der Waals surface area contributed by atoms with E-state index in [1.807, 2.05) is 78.9 Å². The van der Waals surface area contributed by atoms with Crippen molar-refractivity contribution in [1.82, 2.24) is 19.9 Å². The third-order valence-electron chi connectivity index (χ3n) is 8.33. The summed E-state index contributed by atoms with van der Waals surface area (Å²) in [6, 6.07) is 28.2. The molecular weight excluding hydrogens is 544 g/mol. The third-order valence-corrected chi connectivity index (χ3v) is 8.33. The molecule has 3 aliphatic rings. The number of H-pyrrole nitrogens is 2. The summed E-state index contributed by atoms with van der Waals surface area (Å²) < 4.78 is 0. The molecule has 0 amide bonds. The minimum absolute atomic E-state index is 0.126. The average Bonchev–Trinajstić information content (AvgIpc) is 3.89. The number of rotatable bonds is 4. The van der Waals surface area contributed by atoms with Gasteiger partial charge in [-0.05, 0) is 77.8 Å². The number of nitrogens with one attached hydrogen (secondary N) is 2. The molecule has 0 unspecified atom stereocenters. The lowest BCUT2D eigenvalue weighted by Gasteiger charge is -2.06. The molecule has 44 heavy (non-hydrogen) atoms. The highest BCUT2D eigenvalue weighted by atomic mass is 16.1. The van der Waals surface area contributed by atoms with E-state index < -0.39 is 0 Å². The first-order chi connectivity index (χ1) is 21.7. The first-order valence-corrected chi connectivity index (χ1v) is 14.6. The largest absolute Gasteiger partial charge is 0.354 e. The minimum atomic E-state index is 0.126. The van der Waals surface area contributed by atoms with Crippen molar-refractivity contribution in [2.75, 3.05) is 0 Å². The van der Waals surface area contributed by atoms with Crippen LogP contribution < -0.4 is 0 Å². The monoisotopic (exact) mass is 570 g/mol. The molecule has 1 aliphatic carbocycles. The van der Waals surface area contributed by atoms with E-state index in [4.69, 9.17) is 9.97 Å². The Hall–Kier alpha value is -5.88. The van der Waals surface area contributed by atoms with Crippen LogP contribution in [-0.4, -0.2) is 32.0 Å². The molecule has 3 aromatic heterocycles. The summed E-state index contributed by atoms with van der Waals surface area (Å²) >= 11 is 0. The van der Waals surface area contributed by atoms with E-state index >= 15 is 0 Å². The normalized spacial score (nSPS) is 13.8. The summed E-state index contributed by atoms with van der Waals surface area (Å²) in [5.74, 6) is 0.126. The van der Waals surface area contributed by atoms with E-state index in [1.54, 1.807) is 6.08 Å². The smallest absolute Gasteiger partial charge is 0.156 e. The van der Waals surface area contributed by atoms with E-state index in [1.165, 1.54) is 0 Å². The molecule has 5 aromatic rings. The predicted octanol–water partition coefficient (Wildman–Crippen LogP) is 8.55. The number of aromatic amines is 2. The molecule has 0 spiro atoms. The molecule has 5 heterocycles. The zero-order valence-corrected chi connectivity index (χ0v) is 23.7. The maximum atomic E-state index is 12.5. The zero-order chi connectivity index (χ0) is 29.6. The van der Waals surface area contributed by atoms with Crippen LogP contribution in [0.3, 0.4) is 0 Å². The molecule has 0 saturated heterocycles. The van der Waals surface area contributed by atoms with Gasteiger partial charge in [0.25, 0.3) is 0 Å². The Labute approximate surface area is 253 Å². The molecule has 210 valence electrons. The summed E-state index contributed by atoms with van der Waals surface area (Å²) in [6.07, 6.45) is 11.7. The zero-order valence-electron chi connectivity index (χ0n) is 23.7. The number of carbonyl (C=O) groups is 2. The van der Waals surface area contributed by atoms with Crippen molar-refractivity contribution in [1.29, 1.82) is 0 Å². The van der Waals surface area contributed by atoms with Crippen LogP contribution in [-0.2, 0) is 4.79 Å². The molecule has 0 radical (unpaired) electrons. The molecule has 8 bridgehead atoms. The summed E-state index contributed by atoms with van der Waals surface area (Å²) in [5.41, 5.74) is 12.4. The Morgan fingerprint density at radius 2 is 1.02 bits per heavy atom. The van der Waals surface area contributed by atoms with E-state index in [-0.39, 0.29) is 5.78 Å². The van der Waals surface area contributed by atoms with Crippen molar-refractivity contribution in [3.05, 3.63) is 125 Å². The number of aldehydes is 1. The Morgan fingerprint density at radius 1 is 0.545 bits per heavy atom. The second kappa shape index (κ2) is 10.4. The van der Waals surface area contributed by atoms with Gasteiger partial charge < -0.3 is 9.97 Å². The van der Waals surface area contributed by atoms with E-state index in [9.17, 15) is 9.59 Å². The Morgan fingerprint density at radius 3 is 1.57 bits per heavy atom. The number of allylic oxidation sites excluding steroid dienone is 2. The predicted molar refractivity (Wildman–Crippen MR) is 177 cm³/mol. The first-order valence-electron chi connectivity index (χ1n) is 14.6. The number of carbonyl (C=O) groups excluding carboxylic acids is 2. The molecular formula is C38H26N4O2. The van der Waals surface area contributed by atoms with Crippen molar-refractivity contribution < 1.29 is 9.59 Å². The SMILES string of the molecule is O=Cc1c2nc(c(-c3ccccc3)c3ccc([nH]3)c(C3=CC(=O)CC3)c3nc(c(-c4ccccc4)c4ccc1[nH]4)C=C3)C=C2. The summed E-state index contributed by atoms with van der Waals surface area (Å²) in [6.45, 7) is 0. The highest BCUT2D eigenvalue weighted by Gasteiger charge is 2.21. The maximum absolute atomic E-state index is 12.5. The molecule has 2 N–H and O–H groups in total. The fraction of sp³-hybridized carbons (Fsp3) is 0.0526.